The summed E-state index contributed by atoms with van der Waals surface area (Å²) in [4.78, 5) is 11.5. The van der Waals surface area contributed by atoms with Gasteiger partial charge in [0.2, 0.25) is 5.78 Å². The summed E-state index contributed by atoms with van der Waals surface area (Å²) in [7, 11) is 0. The van der Waals surface area contributed by atoms with Gasteiger partial charge in [0.15, 0.2) is 6.10 Å². The average Bonchev–Trinajstić information content (AvgIpc) is 2.96. The van der Waals surface area contributed by atoms with Crippen molar-refractivity contribution in [3.63, 3.8) is 0 Å². The third-order valence-electron chi connectivity index (χ3n) is 2.16. The second-order valence-corrected chi connectivity index (χ2v) is 5.53. The highest BCUT2D eigenvalue weighted by atomic mass is 35.6. The molecule has 1 aromatic carbocycles. The van der Waals surface area contributed by atoms with E-state index in [9.17, 15) is 4.79 Å². The topological polar surface area (TPSA) is 29.6 Å². The minimum Gasteiger partial charge on any atom is -0.356 e. The Morgan fingerprint density at radius 3 is 2.33 bits per heavy atom. The first-order chi connectivity index (χ1) is 7.00. The first kappa shape index (κ1) is 11.2. The molecule has 0 radical (unpaired) electrons. The molecule has 0 saturated carbocycles. The second-order valence-electron chi connectivity index (χ2n) is 3.25. The quantitative estimate of drug-likeness (QED) is 0.607. The zero-order valence-corrected chi connectivity index (χ0v) is 9.76. The first-order valence-corrected chi connectivity index (χ1v) is 5.45. The zero-order chi connectivity index (χ0) is 11.1. The standard InChI is InChI=1S/C10H7Cl3O2/c11-10(12,13)9(14)8-7(15-8)6-4-2-1-3-5-6/h1-5,7-8H/t7-,8-/m1/s1. The van der Waals surface area contributed by atoms with Crippen LogP contribution in [0.5, 0.6) is 0 Å². The van der Waals surface area contributed by atoms with E-state index in [1.807, 2.05) is 30.3 Å². The number of ether oxygens (including phenoxy) is 1. The summed E-state index contributed by atoms with van der Waals surface area (Å²) in [5, 5.41) is 0. The number of Topliss-reactive ketones (excluding diaryl/α,β-unsaturated/α-hetero) is 1. The van der Waals surface area contributed by atoms with Crippen molar-refractivity contribution in [2.45, 2.75) is 16.0 Å². The van der Waals surface area contributed by atoms with Crippen LogP contribution in [0.4, 0.5) is 0 Å². The smallest absolute Gasteiger partial charge is 0.251 e. The van der Waals surface area contributed by atoms with E-state index in [1.165, 1.54) is 0 Å². The van der Waals surface area contributed by atoms with Gasteiger partial charge in [0.05, 0.1) is 0 Å². The monoisotopic (exact) mass is 264 g/mol. The van der Waals surface area contributed by atoms with Gasteiger partial charge in [-0.15, -0.1) is 0 Å². The predicted octanol–water partition coefficient (Wildman–Crippen LogP) is 3.07. The molecule has 1 heterocycles. The van der Waals surface area contributed by atoms with Gasteiger partial charge in [-0.1, -0.05) is 65.1 Å². The molecule has 0 aromatic heterocycles. The lowest BCUT2D eigenvalue weighted by Crippen LogP contribution is -2.24. The molecule has 0 N–H and O–H groups in total. The Labute approximate surface area is 102 Å². The Balaban J connectivity index is 2.06. The van der Waals surface area contributed by atoms with Crippen LogP contribution in [-0.4, -0.2) is 15.7 Å². The van der Waals surface area contributed by atoms with E-state index in [4.69, 9.17) is 39.5 Å². The maximum absolute atomic E-state index is 11.5. The van der Waals surface area contributed by atoms with Crippen LogP contribution < -0.4 is 0 Å². The molecule has 0 amide bonds. The maximum Gasteiger partial charge on any atom is 0.251 e. The third kappa shape index (κ3) is 2.45. The van der Waals surface area contributed by atoms with E-state index in [1.54, 1.807) is 0 Å². The molecule has 0 bridgehead atoms. The molecular formula is C10H7Cl3O2. The zero-order valence-electron chi connectivity index (χ0n) is 7.49. The average molecular weight is 266 g/mol. The second kappa shape index (κ2) is 3.95. The predicted molar refractivity (Wildman–Crippen MR) is 59.4 cm³/mol. The normalized spacial score (nSPS) is 25.0. The highest BCUT2D eigenvalue weighted by Gasteiger charge is 2.52. The number of alkyl halides is 3. The summed E-state index contributed by atoms with van der Waals surface area (Å²) in [5.41, 5.74) is 0.921. The van der Waals surface area contributed by atoms with E-state index >= 15 is 0 Å². The molecule has 1 aliphatic heterocycles. The Morgan fingerprint density at radius 1 is 1.20 bits per heavy atom. The van der Waals surface area contributed by atoms with Crippen LogP contribution in [0.2, 0.25) is 0 Å². The number of ketones is 1. The molecule has 5 heteroatoms. The molecule has 2 nitrogen and oxygen atoms in total. The summed E-state index contributed by atoms with van der Waals surface area (Å²) in [5.74, 6) is -0.513. The number of benzene rings is 1. The lowest BCUT2D eigenvalue weighted by Gasteiger charge is -2.05. The lowest BCUT2D eigenvalue weighted by atomic mass is 10.1. The molecule has 0 spiro atoms. The Hall–Kier alpha value is -0.280. The van der Waals surface area contributed by atoms with Gasteiger partial charge >= 0.3 is 0 Å². The molecule has 1 saturated heterocycles. The Bertz CT molecular complexity index is 372. The van der Waals surface area contributed by atoms with Crippen molar-refractivity contribution in [3.8, 4) is 0 Å². The number of hydrogen-bond donors (Lipinski definition) is 0. The molecule has 80 valence electrons. The summed E-state index contributed by atoms with van der Waals surface area (Å²) < 4.78 is 3.29. The molecule has 1 fully saturated rings. The van der Waals surface area contributed by atoms with Gasteiger partial charge in [-0.25, -0.2) is 0 Å². The number of halogens is 3. The van der Waals surface area contributed by atoms with E-state index in [-0.39, 0.29) is 6.10 Å². The number of carbonyl (C=O) groups is 1. The van der Waals surface area contributed by atoms with Crippen molar-refractivity contribution in [1.82, 2.24) is 0 Å². The number of epoxide rings is 1. The molecule has 2 atom stereocenters. The molecule has 0 unspecified atom stereocenters. The van der Waals surface area contributed by atoms with Crippen molar-refractivity contribution in [2.24, 2.45) is 0 Å². The van der Waals surface area contributed by atoms with Crippen LogP contribution in [0.1, 0.15) is 11.7 Å². The third-order valence-corrected chi connectivity index (χ3v) is 2.72. The van der Waals surface area contributed by atoms with Gasteiger partial charge in [0.25, 0.3) is 3.79 Å². The molecule has 1 aliphatic rings. The summed E-state index contributed by atoms with van der Waals surface area (Å²) in [6, 6.07) is 9.37. The highest BCUT2D eigenvalue weighted by Crippen LogP contribution is 2.44. The van der Waals surface area contributed by atoms with Crippen LogP contribution in [0.25, 0.3) is 0 Å². The van der Waals surface area contributed by atoms with Crippen molar-refractivity contribution < 1.29 is 9.53 Å². The van der Waals surface area contributed by atoms with Gasteiger partial charge in [-0.2, -0.15) is 0 Å². The van der Waals surface area contributed by atoms with Crippen LogP contribution >= 0.6 is 34.8 Å². The minimum atomic E-state index is -1.89. The van der Waals surface area contributed by atoms with Crippen molar-refractivity contribution >= 4 is 40.6 Å². The van der Waals surface area contributed by atoms with Crippen LogP contribution in [0.15, 0.2) is 30.3 Å². The molecule has 0 aliphatic carbocycles. The molecule has 1 aromatic rings. The fraction of sp³-hybridized carbons (Fsp3) is 0.300. The molecular weight excluding hydrogens is 258 g/mol. The van der Waals surface area contributed by atoms with Crippen LogP contribution in [-0.2, 0) is 9.53 Å². The van der Waals surface area contributed by atoms with E-state index in [2.05, 4.69) is 0 Å². The summed E-state index contributed by atoms with van der Waals surface area (Å²) in [6.45, 7) is 0. The van der Waals surface area contributed by atoms with Crippen molar-refractivity contribution in [3.05, 3.63) is 35.9 Å². The minimum absolute atomic E-state index is 0.269. The first-order valence-electron chi connectivity index (χ1n) is 4.31. The van der Waals surface area contributed by atoms with Gasteiger partial charge in [0, 0.05) is 0 Å². The summed E-state index contributed by atoms with van der Waals surface area (Å²) in [6.07, 6.45) is -0.894. The van der Waals surface area contributed by atoms with Crippen molar-refractivity contribution in [2.75, 3.05) is 0 Å². The van der Waals surface area contributed by atoms with Crippen LogP contribution in [0, 0.1) is 0 Å². The molecule has 15 heavy (non-hydrogen) atoms. The van der Waals surface area contributed by atoms with E-state index in [0.29, 0.717) is 0 Å². The van der Waals surface area contributed by atoms with Crippen LogP contribution in [0.3, 0.4) is 0 Å². The lowest BCUT2D eigenvalue weighted by molar-refractivity contribution is -0.119. The number of hydrogen-bond acceptors (Lipinski definition) is 2. The van der Waals surface area contributed by atoms with Gasteiger partial charge in [-0.05, 0) is 5.56 Å². The number of carbonyl (C=O) groups excluding carboxylic acids is 1. The van der Waals surface area contributed by atoms with Gasteiger partial charge in [-0.3, -0.25) is 4.79 Å². The highest BCUT2D eigenvalue weighted by molar-refractivity contribution is 6.76. The van der Waals surface area contributed by atoms with E-state index < -0.39 is 15.7 Å². The Morgan fingerprint density at radius 2 is 1.80 bits per heavy atom. The Kier molecular flexibility index (Phi) is 2.95. The maximum atomic E-state index is 11.5. The largest absolute Gasteiger partial charge is 0.356 e. The SMILES string of the molecule is O=C([C@@H]1O[C@@H]1c1ccccc1)C(Cl)(Cl)Cl. The van der Waals surface area contributed by atoms with Gasteiger partial charge < -0.3 is 4.74 Å². The molecule has 2 rings (SSSR count). The van der Waals surface area contributed by atoms with E-state index in [0.717, 1.165) is 5.56 Å². The fourth-order valence-electron chi connectivity index (χ4n) is 1.37. The number of rotatable bonds is 2. The van der Waals surface area contributed by atoms with Crippen molar-refractivity contribution in [1.29, 1.82) is 0 Å². The fourth-order valence-corrected chi connectivity index (χ4v) is 1.69. The van der Waals surface area contributed by atoms with Gasteiger partial charge in [0.1, 0.15) is 6.10 Å². The summed E-state index contributed by atoms with van der Waals surface area (Å²) >= 11 is 16.4.